The first-order chi connectivity index (χ1) is 10.6. The summed E-state index contributed by atoms with van der Waals surface area (Å²) in [5.74, 6) is 0.631. The van der Waals surface area contributed by atoms with Gasteiger partial charge in [-0.2, -0.15) is 0 Å². The van der Waals surface area contributed by atoms with E-state index in [9.17, 15) is 4.79 Å². The molecule has 1 atom stereocenters. The molecule has 0 spiro atoms. The number of nitrogens with zero attached hydrogens (tertiary/aromatic N) is 4. The van der Waals surface area contributed by atoms with Crippen LogP contribution in [0, 0.1) is 5.92 Å². The van der Waals surface area contributed by atoms with E-state index in [1.807, 2.05) is 24.1 Å². The molecule has 1 saturated heterocycles. The van der Waals surface area contributed by atoms with Crippen molar-refractivity contribution in [3.8, 4) is 10.6 Å². The molecular weight excluding hydrogens is 296 g/mol. The standard InChI is InChI=1S/C16H20N4OS/c1-19-7-5-12(10-19)11-20(2)16(21)14-9-18-15(22-14)13-4-3-6-17-8-13/h3-4,6,8-9,12H,5,7,10-11H2,1-2H3. The minimum atomic E-state index is 0.0576. The number of pyridine rings is 1. The second kappa shape index (κ2) is 6.54. The molecule has 116 valence electrons. The van der Waals surface area contributed by atoms with Crippen molar-refractivity contribution in [3.63, 3.8) is 0 Å². The zero-order chi connectivity index (χ0) is 15.5. The Morgan fingerprint density at radius 1 is 1.50 bits per heavy atom. The molecule has 22 heavy (non-hydrogen) atoms. The predicted octanol–water partition coefficient (Wildman–Crippen LogP) is 2.23. The Balaban J connectivity index is 1.66. The summed E-state index contributed by atoms with van der Waals surface area (Å²) in [5.41, 5.74) is 0.951. The van der Waals surface area contributed by atoms with Crippen molar-refractivity contribution in [1.82, 2.24) is 19.8 Å². The van der Waals surface area contributed by atoms with Crippen LogP contribution in [0.25, 0.3) is 10.6 Å². The molecule has 5 nitrogen and oxygen atoms in total. The lowest BCUT2D eigenvalue weighted by Crippen LogP contribution is -2.32. The molecule has 3 rings (SSSR count). The van der Waals surface area contributed by atoms with Crippen molar-refractivity contribution in [1.29, 1.82) is 0 Å². The van der Waals surface area contributed by atoms with Gasteiger partial charge in [0, 0.05) is 38.1 Å². The molecule has 0 bridgehead atoms. The number of likely N-dealkylation sites (tertiary alicyclic amines) is 1. The van der Waals surface area contributed by atoms with Gasteiger partial charge in [0.2, 0.25) is 0 Å². The van der Waals surface area contributed by atoms with Gasteiger partial charge in [0.05, 0.1) is 6.20 Å². The van der Waals surface area contributed by atoms with Crippen LogP contribution in [0.2, 0.25) is 0 Å². The maximum Gasteiger partial charge on any atom is 0.265 e. The van der Waals surface area contributed by atoms with Crippen LogP contribution >= 0.6 is 11.3 Å². The summed E-state index contributed by atoms with van der Waals surface area (Å²) in [5, 5.41) is 0.838. The minimum Gasteiger partial charge on any atom is -0.341 e. The highest BCUT2D eigenvalue weighted by Gasteiger charge is 2.24. The minimum absolute atomic E-state index is 0.0576. The monoisotopic (exact) mass is 316 g/mol. The van der Waals surface area contributed by atoms with Crippen LogP contribution in [0.1, 0.15) is 16.1 Å². The third-order valence-electron chi connectivity index (χ3n) is 3.99. The van der Waals surface area contributed by atoms with Gasteiger partial charge in [0.1, 0.15) is 9.88 Å². The van der Waals surface area contributed by atoms with Crippen LogP contribution in [-0.2, 0) is 0 Å². The molecule has 0 saturated carbocycles. The number of carbonyl (C=O) groups is 1. The number of carbonyl (C=O) groups excluding carboxylic acids is 1. The number of amides is 1. The van der Waals surface area contributed by atoms with E-state index in [0.717, 1.165) is 36.6 Å². The van der Waals surface area contributed by atoms with Crippen LogP contribution in [0.5, 0.6) is 0 Å². The lowest BCUT2D eigenvalue weighted by Gasteiger charge is -2.20. The van der Waals surface area contributed by atoms with Crippen LogP contribution in [-0.4, -0.2) is 59.4 Å². The van der Waals surface area contributed by atoms with Gasteiger partial charge in [-0.25, -0.2) is 4.98 Å². The van der Waals surface area contributed by atoms with Crippen molar-refractivity contribution in [2.45, 2.75) is 6.42 Å². The van der Waals surface area contributed by atoms with Gasteiger partial charge in [-0.3, -0.25) is 9.78 Å². The van der Waals surface area contributed by atoms with Gasteiger partial charge in [0.15, 0.2) is 0 Å². The quantitative estimate of drug-likeness (QED) is 0.868. The molecular formula is C16H20N4OS. The van der Waals surface area contributed by atoms with E-state index >= 15 is 0 Å². The third-order valence-corrected chi connectivity index (χ3v) is 5.03. The largest absolute Gasteiger partial charge is 0.341 e. The first kappa shape index (κ1) is 15.1. The van der Waals surface area contributed by atoms with Crippen LogP contribution in [0.4, 0.5) is 0 Å². The molecule has 3 heterocycles. The van der Waals surface area contributed by atoms with Gasteiger partial charge >= 0.3 is 0 Å². The van der Waals surface area contributed by atoms with Gasteiger partial charge in [0.25, 0.3) is 5.91 Å². The Kier molecular flexibility index (Phi) is 4.49. The van der Waals surface area contributed by atoms with E-state index in [1.165, 1.54) is 11.3 Å². The van der Waals surface area contributed by atoms with Gasteiger partial charge in [-0.05, 0) is 38.1 Å². The van der Waals surface area contributed by atoms with Gasteiger partial charge < -0.3 is 9.80 Å². The molecule has 2 aromatic rings. The van der Waals surface area contributed by atoms with Crippen molar-refractivity contribution in [2.24, 2.45) is 5.92 Å². The summed E-state index contributed by atoms with van der Waals surface area (Å²) >= 11 is 1.43. The Hall–Kier alpha value is -1.79. The van der Waals surface area contributed by atoms with E-state index in [4.69, 9.17) is 0 Å². The molecule has 1 aliphatic heterocycles. The lowest BCUT2D eigenvalue weighted by molar-refractivity contribution is 0.0778. The Morgan fingerprint density at radius 2 is 2.36 bits per heavy atom. The normalized spacial score (nSPS) is 18.5. The van der Waals surface area contributed by atoms with E-state index in [1.54, 1.807) is 18.6 Å². The van der Waals surface area contributed by atoms with Crippen molar-refractivity contribution in [3.05, 3.63) is 35.6 Å². The molecule has 6 heteroatoms. The smallest absolute Gasteiger partial charge is 0.265 e. The summed E-state index contributed by atoms with van der Waals surface area (Å²) < 4.78 is 0. The number of hydrogen-bond acceptors (Lipinski definition) is 5. The number of thiazole rings is 1. The number of hydrogen-bond donors (Lipinski definition) is 0. The topological polar surface area (TPSA) is 49.3 Å². The Morgan fingerprint density at radius 3 is 3.05 bits per heavy atom. The Bertz CT molecular complexity index is 643. The second-order valence-corrected chi connectivity index (χ2v) is 6.90. The molecule has 1 amide bonds. The molecule has 0 N–H and O–H groups in total. The first-order valence-electron chi connectivity index (χ1n) is 7.43. The fourth-order valence-electron chi connectivity index (χ4n) is 2.83. The zero-order valence-electron chi connectivity index (χ0n) is 12.9. The Labute approximate surface area is 134 Å². The van der Waals surface area contributed by atoms with E-state index in [-0.39, 0.29) is 5.91 Å². The van der Waals surface area contributed by atoms with E-state index in [0.29, 0.717) is 10.8 Å². The average molecular weight is 316 g/mol. The summed E-state index contributed by atoms with van der Waals surface area (Å²) in [6, 6.07) is 3.83. The van der Waals surface area contributed by atoms with Crippen molar-refractivity contribution < 1.29 is 4.79 Å². The second-order valence-electron chi connectivity index (χ2n) is 5.87. The summed E-state index contributed by atoms with van der Waals surface area (Å²) in [7, 11) is 4.01. The molecule has 1 aliphatic rings. The fourth-order valence-corrected chi connectivity index (χ4v) is 3.73. The zero-order valence-corrected chi connectivity index (χ0v) is 13.7. The molecule has 1 fully saturated rings. The maximum atomic E-state index is 12.5. The van der Waals surface area contributed by atoms with Crippen LogP contribution in [0.3, 0.4) is 0 Å². The van der Waals surface area contributed by atoms with Crippen molar-refractivity contribution >= 4 is 17.2 Å². The molecule has 0 aliphatic carbocycles. The molecule has 0 aromatic carbocycles. The maximum absolute atomic E-state index is 12.5. The molecule has 1 unspecified atom stereocenters. The van der Waals surface area contributed by atoms with E-state index in [2.05, 4.69) is 21.9 Å². The first-order valence-corrected chi connectivity index (χ1v) is 8.25. The highest BCUT2D eigenvalue weighted by atomic mass is 32.1. The van der Waals surface area contributed by atoms with Crippen LogP contribution in [0.15, 0.2) is 30.7 Å². The lowest BCUT2D eigenvalue weighted by atomic mass is 10.1. The summed E-state index contributed by atoms with van der Waals surface area (Å²) in [4.78, 5) is 25.8. The van der Waals surface area contributed by atoms with Gasteiger partial charge in [-0.15, -0.1) is 11.3 Å². The summed E-state index contributed by atoms with van der Waals surface area (Å²) in [6.07, 6.45) is 6.34. The third kappa shape index (κ3) is 3.34. The fraction of sp³-hybridized carbons (Fsp3) is 0.438. The highest BCUT2D eigenvalue weighted by molar-refractivity contribution is 7.16. The van der Waals surface area contributed by atoms with E-state index < -0.39 is 0 Å². The van der Waals surface area contributed by atoms with Crippen LogP contribution < -0.4 is 0 Å². The number of aromatic nitrogens is 2. The molecule has 2 aromatic heterocycles. The summed E-state index contributed by atoms with van der Waals surface area (Å²) in [6.45, 7) is 3.00. The highest BCUT2D eigenvalue weighted by Crippen LogP contribution is 2.25. The molecule has 0 radical (unpaired) electrons. The van der Waals surface area contributed by atoms with Gasteiger partial charge in [-0.1, -0.05) is 0 Å². The number of rotatable bonds is 4. The van der Waals surface area contributed by atoms with Crippen molar-refractivity contribution in [2.75, 3.05) is 33.7 Å². The predicted molar refractivity (Wildman–Crippen MR) is 87.9 cm³/mol. The SMILES string of the molecule is CN1CCC(CN(C)C(=O)c2cnc(-c3cccnc3)s2)C1. The average Bonchev–Trinajstić information content (AvgIpc) is 3.17.